The number of hydrogen-bond donors (Lipinski definition) is 2. The van der Waals surface area contributed by atoms with Gasteiger partial charge >= 0.3 is 5.97 Å². The van der Waals surface area contributed by atoms with Gasteiger partial charge in [-0.3, -0.25) is 14.4 Å². The molecule has 7 heteroatoms. The third-order valence-corrected chi connectivity index (χ3v) is 4.26. The number of rotatable bonds is 8. The molecule has 0 aromatic heterocycles. The zero-order valence-corrected chi connectivity index (χ0v) is 15.5. The fourth-order valence-electron chi connectivity index (χ4n) is 2.58. The van der Waals surface area contributed by atoms with Crippen molar-refractivity contribution in [3.05, 3.63) is 65.7 Å². The van der Waals surface area contributed by atoms with Crippen molar-refractivity contribution in [1.82, 2.24) is 10.6 Å². The quantitative estimate of drug-likeness (QED) is 0.681. The Morgan fingerprint density at radius 2 is 1.71 bits per heavy atom. The molecule has 0 heterocycles. The number of carbonyl (C=O) groups is 3. The first-order valence-corrected chi connectivity index (χ1v) is 9.04. The molecule has 1 aliphatic carbocycles. The smallest absolute Gasteiger partial charge is 0.326 e. The minimum absolute atomic E-state index is 0.146. The first-order chi connectivity index (χ1) is 13.6. The summed E-state index contributed by atoms with van der Waals surface area (Å²) >= 11 is 0. The average molecular weight is 382 g/mol. The Labute approximate surface area is 163 Å². The number of esters is 1. The second kappa shape index (κ2) is 9.03. The number of nitrogens with one attached hydrogen (secondary N) is 2. The lowest BCUT2D eigenvalue weighted by atomic mass is 10.1. The zero-order chi connectivity index (χ0) is 19.9. The van der Waals surface area contributed by atoms with Crippen molar-refractivity contribution in [3.63, 3.8) is 0 Å². The molecule has 146 valence electrons. The van der Waals surface area contributed by atoms with Crippen molar-refractivity contribution < 1.29 is 23.9 Å². The second-order valence-electron chi connectivity index (χ2n) is 6.47. The maximum absolute atomic E-state index is 12.5. The number of hydrogen-bond acceptors (Lipinski definition) is 5. The molecule has 1 fully saturated rings. The molecule has 1 saturated carbocycles. The minimum atomic E-state index is -1.05. The third kappa shape index (κ3) is 5.33. The molecule has 28 heavy (non-hydrogen) atoms. The van der Waals surface area contributed by atoms with Crippen LogP contribution in [0.25, 0.3) is 0 Å². The summed E-state index contributed by atoms with van der Waals surface area (Å²) in [6, 6.07) is 15.4. The van der Waals surface area contributed by atoms with E-state index in [4.69, 9.17) is 9.47 Å². The summed E-state index contributed by atoms with van der Waals surface area (Å²) in [4.78, 5) is 36.8. The molecule has 2 aromatic rings. The summed E-state index contributed by atoms with van der Waals surface area (Å²) in [5.41, 5.74) is 0.968. The molecule has 0 unspecified atom stereocenters. The summed E-state index contributed by atoms with van der Waals surface area (Å²) in [5.74, 6) is -0.841. The van der Waals surface area contributed by atoms with Gasteiger partial charge in [0.2, 0.25) is 6.10 Å². The lowest BCUT2D eigenvalue weighted by Gasteiger charge is -2.18. The monoisotopic (exact) mass is 382 g/mol. The van der Waals surface area contributed by atoms with Gasteiger partial charge in [-0.05, 0) is 37.1 Å². The Kier molecular flexibility index (Phi) is 6.26. The van der Waals surface area contributed by atoms with Crippen LogP contribution in [0.15, 0.2) is 54.6 Å². The molecule has 3 rings (SSSR count). The molecule has 2 N–H and O–H groups in total. The number of ether oxygens (including phenoxy) is 2. The lowest BCUT2D eigenvalue weighted by Crippen LogP contribution is -2.36. The molecular formula is C21H22N2O5. The first-order valence-electron chi connectivity index (χ1n) is 9.04. The second-order valence-corrected chi connectivity index (χ2v) is 6.47. The van der Waals surface area contributed by atoms with E-state index in [2.05, 4.69) is 10.6 Å². The predicted molar refractivity (Wildman–Crippen MR) is 102 cm³/mol. The van der Waals surface area contributed by atoms with Crippen LogP contribution in [0.5, 0.6) is 5.75 Å². The molecule has 0 aliphatic heterocycles. The highest BCUT2D eigenvalue weighted by Crippen LogP contribution is 2.23. The summed E-state index contributed by atoms with van der Waals surface area (Å²) < 4.78 is 10.4. The Balaban J connectivity index is 1.58. The largest absolute Gasteiger partial charge is 0.497 e. The average Bonchev–Trinajstić information content (AvgIpc) is 3.54. The topological polar surface area (TPSA) is 93.7 Å². The molecule has 0 bridgehead atoms. The summed E-state index contributed by atoms with van der Waals surface area (Å²) in [6.45, 7) is -0.342. The maximum Gasteiger partial charge on any atom is 0.326 e. The van der Waals surface area contributed by atoms with Crippen LogP contribution in [-0.2, 0) is 14.3 Å². The van der Waals surface area contributed by atoms with Gasteiger partial charge in [-0.25, -0.2) is 0 Å². The van der Waals surface area contributed by atoms with Gasteiger partial charge in [-0.15, -0.1) is 0 Å². The molecule has 7 nitrogen and oxygen atoms in total. The van der Waals surface area contributed by atoms with Gasteiger partial charge in [0.05, 0.1) is 7.11 Å². The van der Waals surface area contributed by atoms with Crippen LogP contribution in [-0.4, -0.2) is 37.5 Å². The van der Waals surface area contributed by atoms with Crippen LogP contribution in [0.3, 0.4) is 0 Å². The van der Waals surface area contributed by atoms with Gasteiger partial charge in [-0.2, -0.15) is 0 Å². The van der Waals surface area contributed by atoms with E-state index < -0.39 is 18.0 Å². The Morgan fingerprint density at radius 1 is 1.04 bits per heavy atom. The van der Waals surface area contributed by atoms with E-state index in [1.165, 1.54) is 7.11 Å². The van der Waals surface area contributed by atoms with Crippen molar-refractivity contribution >= 4 is 17.8 Å². The third-order valence-electron chi connectivity index (χ3n) is 4.26. The van der Waals surface area contributed by atoms with Crippen LogP contribution in [0, 0.1) is 0 Å². The minimum Gasteiger partial charge on any atom is -0.497 e. The van der Waals surface area contributed by atoms with E-state index >= 15 is 0 Å². The Morgan fingerprint density at radius 3 is 2.32 bits per heavy atom. The number of carbonyl (C=O) groups excluding carboxylic acids is 3. The fraction of sp³-hybridized carbons (Fsp3) is 0.286. The van der Waals surface area contributed by atoms with Crippen molar-refractivity contribution in [3.8, 4) is 5.75 Å². The van der Waals surface area contributed by atoms with E-state index in [9.17, 15) is 14.4 Å². The number of benzene rings is 2. The predicted octanol–water partition coefficient (Wildman–Crippen LogP) is 1.99. The van der Waals surface area contributed by atoms with E-state index in [1.807, 2.05) is 6.07 Å². The van der Waals surface area contributed by atoms with Gasteiger partial charge in [0, 0.05) is 17.2 Å². The van der Waals surface area contributed by atoms with Crippen LogP contribution in [0.2, 0.25) is 0 Å². The molecular weight excluding hydrogens is 360 g/mol. The van der Waals surface area contributed by atoms with Crippen molar-refractivity contribution in [2.24, 2.45) is 0 Å². The van der Waals surface area contributed by atoms with Crippen LogP contribution in [0.4, 0.5) is 0 Å². The molecule has 2 amide bonds. The molecule has 0 spiro atoms. The van der Waals surface area contributed by atoms with Crippen LogP contribution < -0.4 is 15.4 Å². The first kappa shape index (κ1) is 19.4. The number of amides is 2. The molecule has 0 saturated heterocycles. The van der Waals surface area contributed by atoms with Gasteiger partial charge in [-0.1, -0.05) is 30.3 Å². The molecule has 0 radical (unpaired) electrons. The molecule has 1 aliphatic rings. The SMILES string of the molecule is COc1ccc(C(=O)NCC(=O)O[C@H](C(=O)NC2CC2)c2ccccc2)cc1. The zero-order valence-electron chi connectivity index (χ0n) is 15.5. The standard InChI is InChI=1S/C21H22N2O5/c1-27-17-11-7-15(8-12-17)20(25)22-13-18(24)28-19(14-5-3-2-4-6-14)21(26)23-16-9-10-16/h2-8,11-12,16,19H,9-10,13H2,1H3,(H,22,25)(H,23,26)/t19-/m0/s1. The van der Waals surface area contributed by atoms with Gasteiger partial charge in [0.25, 0.3) is 11.8 Å². The Hall–Kier alpha value is -3.35. The van der Waals surface area contributed by atoms with Crippen LogP contribution in [0.1, 0.15) is 34.9 Å². The van der Waals surface area contributed by atoms with E-state index in [0.29, 0.717) is 16.9 Å². The van der Waals surface area contributed by atoms with Crippen LogP contribution >= 0.6 is 0 Å². The van der Waals surface area contributed by atoms with Gasteiger partial charge < -0.3 is 20.1 Å². The van der Waals surface area contributed by atoms with Crippen molar-refractivity contribution in [1.29, 1.82) is 0 Å². The van der Waals surface area contributed by atoms with Crippen molar-refractivity contribution in [2.75, 3.05) is 13.7 Å². The van der Waals surface area contributed by atoms with Gasteiger partial charge in [0.1, 0.15) is 12.3 Å². The van der Waals surface area contributed by atoms with Crippen molar-refractivity contribution in [2.45, 2.75) is 25.0 Å². The number of methoxy groups -OCH3 is 1. The summed E-state index contributed by atoms with van der Waals surface area (Å²) in [7, 11) is 1.54. The summed E-state index contributed by atoms with van der Waals surface area (Å²) in [6.07, 6.45) is 0.810. The Bertz CT molecular complexity index is 832. The molecule has 2 aromatic carbocycles. The highest BCUT2D eigenvalue weighted by molar-refractivity contribution is 5.96. The normalized spacial score (nSPS) is 13.9. The molecule has 1 atom stereocenters. The van der Waals surface area contributed by atoms with Gasteiger partial charge in [0.15, 0.2) is 0 Å². The van der Waals surface area contributed by atoms with E-state index in [-0.39, 0.29) is 18.5 Å². The maximum atomic E-state index is 12.5. The lowest BCUT2D eigenvalue weighted by molar-refractivity contribution is -0.155. The van der Waals surface area contributed by atoms with E-state index in [1.54, 1.807) is 48.5 Å². The highest BCUT2D eigenvalue weighted by atomic mass is 16.5. The van der Waals surface area contributed by atoms with E-state index in [0.717, 1.165) is 12.8 Å². The summed E-state index contributed by atoms with van der Waals surface area (Å²) in [5, 5.41) is 5.34. The fourth-order valence-corrected chi connectivity index (χ4v) is 2.58. The highest BCUT2D eigenvalue weighted by Gasteiger charge is 2.30.